The van der Waals surface area contributed by atoms with Gasteiger partial charge in [0.05, 0.1) is 17.1 Å². The first-order valence-corrected chi connectivity index (χ1v) is 11.0. The number of allylic oxidation sites excluding steroid dienone is 2. The molecule has 1 aromatic carbocycles. The Morgan fingerprint density at radius 2 is 2.00 bits per heavy atom. The first-order chi connectivity index (χ1) is 14.9. The molecule has 0 spiro atoms. The van der Waals surface area contributed by atoms with Gasteiger partial charge in [-0.2, -0.15) is 0 Å². The minimum absolute atomic E-state index is 0.268. The molecule has 0 aromatic heterocycles. The van der Waals surface area contributed by atoms with E-state index in [2.05, 4.69) is 58.8 Å². The van der Waals surface area contributed by atoms with E-state index in [9.17, 15) is 5.11 Å². The van der Waals surface area contributed by atoms with Crippen molar-refractivity contribution in [1.29, 1.82) is 0 Å². The fourth-order valence-corrected chi connectivity index (χ4v) is 4.24. The first-order valence-electron chi connectivity index (χ1n) is 11.0. The number of anilines is 1. The molecule has 3 rings (SSSR count). The summed E-state index contributed by atoms with van der Waals surface area (Å²) >= 11 is 0. The second-order valence-electron chi connectivity index (χ2n) is 8.29. The fraction of sp³-hybridized carbons (Fsp3) is 0.440. The van der Waals surface area contributed by atoms with E-state index in [4.69, 9.17) is 4.99 Å². The molecule has 2 heterocycles. The minimum Gasteiger partial charge on any atom is -0.373 e. The summed E-state index contributed by atoms with van der Waals surface area (Å²) in [6, 6.07) is 8.94. The van der Waals surface area contributed by atoms with Crippen LogP contribution >= 0.6 is 0 Å². The van der Waals surface area contributed by atoms with Gasteiger partial charge in [-0.25, -0.2) is 4.99 Å². The van der Waals surface area contributed by atoms with Crippen molar-refractivity contribution >= 4 is 17.6 Å². The zero-order valence-electron chi connectivity index (χ0n) is 18.9. The number of nitrogens with one attached hydrogen (secondary N) is 2. The molecule has 2 atom stereocenters. The maximum absolute atomic E-state index is 10.8. The number of aliphatic hydroxyl groups excluding tert-OH is 1. The van der Waals surface area contributed by atoms with E-state index in [1.54, 1.807) is 12.3 Å². The van der Waals surface area contributed by atoms with Crippen LogP contribution in [0.25, 0.3) is 0 Å². The molecule has 2 aliphatic heterocycles. The molecule has 1 aromatic rings. The zero-order valence-corrected chi connectivity index (χ0v) is 18.9. The van der Waals surface area contributed by atoms with Gasteiger partial charge < -0.3 is 15.3 Å². The maximum Gasteiger partial charge on any atom is 0.144 e. The molecule has 31 heavy (non-hydrogen) atoms. The van der Waals surface area contributed by atoms with Gasteiger partial charge in [-0.15, -0.1) is 0 Å². The third kappa shape index (κ3) is 5.58. The Labute approximate surface area is 186 Å². The van der Waals surface area contributed by atoms with Gasteiger partial charge in [0, 0.05) is 24.0 Å². The van der Waals surface area contributed by atoms with Gasteiger partial charge in [-0.05, 0) is 64.8 Å². The Morgan fingerprint density at radius 3 is 2.71 bits per heavy atom. The van der Waals surface area contributed by atoms with Gasteiger partial charge in [-0.1, -0.05) is 37.4 Å². The lowest BCUT2D eigenvalue weighted by Crippen LogP contribution is -2.47. The molecule has 0 radical (unpaired) electrons. The Hall–Kier alpha value is -2.54. The lowest BCUT2D eigenvalue weighted by Gasteiger charge is -2.29. The summed E-state index contributed by atoms with van der Waals surface area (Å²) in [5.74, 6) is 0. The summed E-state index contributed by atoms with van der Waals surface area (Å²) in [4.78, 5) is 11.5. The number of nitrogens with zero attached hydrogens (tertiary/aromatic N) is 3. The Balaban J connectivity index is 1.89. The zero-order chi connectivity index (χ0) is 22.4. The van der Waals surface area contributed by atoms with Crippen molar-refractivity contribution < 1.29 is 5.11 Å². The Bertz CT molecular complexity index is 895. The standard InChI is InChI=1S/C25H35N5O/c1-6-13-27-18(3)24(28-19(4)25(31)29-22-11-14-26-15-12-22)20(5)30-17(2)16-21-9-7-8-10-23(21)30/h6-10,13,17,22,25-26,29,31H,1,5,11-12,14-16H2,2-4H3/b24-18+,27-13?,28-19?/t17-,25?/m1/s1. The third-order valence-electron chi connectivity index (χ3n) is 5.90. The number of hydrogen-bond donors (Lipinski definition) is 3. The Morgan fingerprint density at radius 1 is 1.29 bits per heavy atom. The number of rotatable bonds is 8. The lowest BCUT2D eigenvalue weighted by molar-refractivity contribution is 0.173. The van der Waals surface area contributed by atoms with Crippen LogP contribution < -0.4 is 15.5 Å². The van der Waals surface area contributed by atoms with Crippen LogP contribution in [0.15, 0.2) is 70.6 Å². The van der Waals surface area contributed by atoms with Crippen molar-refractivity contribution in [3.63, 3.8) is 0 Å². The summed E-state index contributed by atoms with van der Waals surface area (Å²) in [5.41, 5.74) is 5.24. The van der Waals surface area contributed by atoms with E-state index in [1.165, 1.54) is 5.56 Å². The predicted molar refractivity (Wildman–Crippen MR) is 131 cm³/mol. The number of aliphatic imine (C=N–C) groups is 2. The number of hydrogen-bond acceptors (Lipinski definition) is 6. The van der Waals surface area contributed by atoms with Crippen LogP contribution in [0.3, 0.4) is 0 Å². The van der Waals surface area contributed by atoms with Crippen LogP contribution in [0, 0.1) is 0 Å². The molecule has 2 aliphatic rings. The van der Waals surface area contributed by atoms with Gasteiger partial charge in [0.2, 0.25) is 0 Å². The summed E-state index contributed by atoms with van der Waals surface area (Å²) in [5, 5.41) is 17.4. The predicted octanol–water partition coefficient (Wildman–Crippen LogP) is 3.56. The monoisotopic (exact) mass is 421 g/mol. The first kappa shape index (κ1) is 23.1. The minimum atomic E-state index is -0.814. The molecular weight excluding hydrogens is 386 g/mol. The van der Waals surface area contributed by atoms with E-state index in [1.807, 2.05) is 19.9 Å². The van der Waals surface area contributed by atoms with Crippen molar-refractivity contribution in [2.45, 2.75) is 58.3 Å². The van der Waals surface area contributed by atoms with Crippen LogP contribution in [-0.2, 0) is 6.42 Å². The van der Waals surface area contributed by atoms with Crippen LogP contribution in [0.4, 0.5) is 5.69 Å². The molecular formula is C25H35N5O. The molecule has 0 bridgehead atoms. The number of benzene rings is 1. The highest BCUT2D eigenvalue weighted by molar-refractivity contribution is 5.87. The Kier molecular flexibility index (Phi) is 7.96. The topological polar surface area (TPSA) is 72.2 Å². The molecule has 0 saturated carbocycles. The average molecular weight is 422 g/mol. The highest BCUT2D eigenvalue weighted by Crippen LogP contribution is 2.37. The van der Waals surface area contributed by atoms with Crippen LogP contribution in [0.5, 0.6) is 0 Å². The molecule has 166 valence electrons. The number of fused-ring (bicyclic) bond motifs is 1. The van der Waals surface area contributed by atoms with Gasteiger partial charge >= 0.3 is 0 Å². The van der Waals surface area contributed by atoms with Crippen molar-refractivity contribution in [2.75, 3.05) is 18.0 Å². The summed E-state index contributed by atoms with van der Waals surface area (Å²) in [6.07, 6.45) is 5.42. The van der Waals surface area contributed by atoms with E-state index in [0.29, 0.717) is 11.4 Å². The molecule has 1 unspecified atom stereocenters. The smallest absolute Gasteiger partial charge is 0.144 e. The third-order valence-corrected chi connectivity index (χ3v) is 5.90. The summed E-state index contributed by atoms with van der Waals surface area (Å²) < 4.78 is 0. The second-order valence-corrected chi connectivity index (χ2v) is 8.29. The maximum atomic E-state index is 10.8. The molecule has 6 nitrogen and oxygen atoms in total. The normalized spacial score (nSPS) is 21.7. The van der Waals surface area contributed by atoms with Gasteiger partial charge in [-0.3, -0.25) is 10.3 Å². The molecule has 6 heteroatoms. The summed E-state index contributed by atoms with van der Waals surface area (Å²) in [6.45, 7) is 16.0. The van der Waals surface area contributed by atoms with E-state index in [0.717, 1.165) is 49.4 Å². The molecule has 1 saturated heterocycles. The summed E-state index contributed by atoms with van der Waals surface area (Å²) in [7, 11) is 0. The highest BCUT2D eigenvalue weighted by atomic mass is 16.3. The molecule has 3 N–H and O–H groups in total. The van der Waals surface area contributed by atoms with Crippen molar-refractivity contribution in [3.8, 4) is 0 Å². The second kappa shape index (κ2) is 10.7. The van der Waals surface area contributed by atoms with Gasteiger partial charge in [0.15, 0.2) is 0 Å². The van der Waals surface area contributed by atoms with Gasteiger partial charge in [0.25, 0.3) is 0 Å². The lowest BCUT2D eigenvalue weighted by atomic mass is 10.1. The fourth-order valence-electron chi connectivity index (χ4n) is 4.24. The average Bonchev–Trinajstić information content (AvgIpc) is 3.11. The van der Waals surface area contributed by atoms with Crippen LogP contribution in [0.2, 0.25) is 0 Å². The van der Waals surface area contributed by atoms with Crippen LogP contribution in [0.1, 0.15) is 39.2 Å². The quantitative estimate of drug-likeness (QED) is 0.341. The van der Waals surface area contributed by atoms with E-state index >= 15 is 0 Å². The largest absolute Gasteiger partial charge is 0.373 e. The molecule has 0 aliphatic carbocycles. The van der Waals surface area contributed by atoms with E-state index < -0.39 is 6.23 Å². The highest BCUT2D eigenvalue weighted by Gasteiger charge is 2.29. The number of piperidine rings is 1. The number of para-hydroxylation sites is 1. The molecule has 0 amide bonds. The van der Waals surface area contributed by atoms with E-state index in [-0.39, 0.29) is 12.1 Å². The SMILES string of the molecule is C=CC=N/C(C)=C(/N=C(C)C(O)NC1CCNCC1)C(=C)N1c2ccccc2C[C@H]1C. The number of aliphatic hydroxyl groups is 1. The van der Waals surface area contributed by atoms with Gasteiger partial charge in [0.1, 0.15) is 11.9 Å². The van der Waals surface area contributed by atoms with Crippen molar-refractivity contribution in [1.82, 2.24) is 10.6 Å². The molecule has 1 fully saturated rings. The van der Waals surface area contributed by atoms with Crippen molar-refractivity contribution in [2.24, 2.45) is 9.98 Å². The van der Waals surface area contributed by atoms with Crippen LogP contribution in [-0.4, -0.2) is 48.4 Å². The van der Waals surface area contributed by atoms with Crippen molar-refractivity contribution in [3.05, 3.63) is 66.2 Å².